The van der Waals surface area contributed by atoms with Crippen LogP contribution in [-0.2, 0) is 6.42 Å². The second kappa shape index (κ2) is 5.93. The Morgan fingerprint density at radius 2 is 2.05 bits per heavy atom. The van der Waals surface area contributed by atoms with Crippen molar-refractivity contribution in [3.63, 3.8) is 0 Å². The van der Waals surface area contributed by atoms with Crippen LogP contribution in [0.25, 0.3) is 0 Å². The number of likely N-dealkylation sites (N-methyl/N-ethyl adjacent to an activating group) is 1. The van der Waals surface area contributed by atoms with Crippen LogP contribution in [-0.4, -0.2) is 44.7 Å². The Bertz CT molecular complexity index is 457. The van der Waals surface area contributed by atoms with Gasteiger partial charge in [-0.15, -0.1) is 0 Å². The SMILES string of the molecule is COc1c(C)cc(CC2CNCCN2C)c(C)c1C. The standard InChI is InChI=1S/C16H26N2O/c1-11-8-14(12(2)13(3)16(11)19-5)9-15-10-17-6-7-18(15)4/h8,15,17H,6-7,9-10H2,1-5H3. The number of benzene rings is 1. The van der Waals surface area contributed by atoms with Gasteiger partial charge in [0.15, 0.2) is 0 Å². The van der Waals surface area contributed by atoms with E-state index in [-0.39, 0.29) is 0 Å². The minimum atomic E-state index is 0.597. The quantitative estimate of drug-likeness (QED) is 0.902. The van der Waals surface area contributed by atoms with Crippen molar-refractivity contribution in [2.75, 3.05) is 33.8 Å². The number of nitrogens with zero attached hydrogens (tertiary/aromatic N) is 1. The summed E-state index contributed by atoms with van der Waals surface area (Å²) in [6.07, 6.45) is 1.11. The highest BCUT2D eigenvalue weighted by molar-refractivity contribution is 5.49. The Hall–Kier alpha value is -1.06. The van der Waals surface area contributed by atoms with Crippen LogP contribution >= 0.6 is 0 Å². The lowest BCUT2D eigenvalue weighted by Crippen LogP contribution is -2.50. The second-order valence-corrected chi connectivity index (χ2v) is 5.68. The van der Waals surface area contributed by atoms with Gasteiger partial charge in [-0.2, -0.15) is 0 Å². The molecule has 1 fully saturated rings. The third-order valence-electron chi connectivity index (χ3n) is 4.44. The van der Waals surface area contributed by atoms with E-state index in [1.165, 1.54) is 22.3 Å². The first kappa shape index (κ1) is 14.4. The van der Waals surface area contributed by atoms with Crippen molar-refractivity contribution < 1.29 is 4.74 Å². The maximum Gasteiger partial charge on any atom is 0.124 e. The molecule has 1 aromatic carbocycles. The van der Waals surface area contributed by atoms with Crippen molar-refractivity contribution in [1.82, 2.24) is 10.2 Å². The number of piperazine rings is 1. The number of methoxy groups -OCH3 is 1. The molecular weight excluding hydrogens is 236 g/mol. The van der Waals surface area contributed by atoms with Crippen LogP contribution in [0.2, 0.25) is 0 Å². The van der Waals surface area contributed by atoms with Gasteiger partial charge in [-0.3, -0.25) is 0 Å². The van der Waals surface area contributed by atoms with E-state index in [0.717, 1.165) is 31.8 Å². The molecule has 0 saturated carbocycles. The molecule has 1 unspecified atom stereocenters. The van der Waals surface area contributed by atoms with Crippen LogP contribution in [0, 0.1) is 20.8 Å². The molecule has 1 saturated heterocycles. The van der Waals surface area contributed by atoms with E-state index < -0.39 is 0 Å². The summed E-state index contributed by atoms with van der Waals surface area (Å²) < 4.78 is 5.50. The van der Waals surface area contributed by atoms with Gasteiger partial charge in [0.1, 0.15) is 5.75 Å². The normalized spacial score (nSPS) is 20.6. The van der Waals surface area contributed by atoms with E-state index in [4.69, 9.17) is 4.74 Å². The molecule has 0 spiro atoms. The predicted molar refractivity (Wildman–Crippen MR) is 80.2 cm³/mol. The number of aryl methyl sites for hydroxylation is 1. The molecule has 1 atom stereocenters. The van der Waals surface area contributed by atoms with Gasteiger partial charge in [-0.25, -0.2) is 0 Å². The van der Waals surface area contributed by atoms with Crippen LogP contribution in [0.1, 0.15) is 22.3 Å². The summed E-state index contributed by atoms with van der Waals surface area (Å²) in [4.78, 5) is 2.46. The van der Waals surface area contributed by atoms with Crippen LogP contribution in [0.15, 0.2) is 6.07 Å². The lowest BCUT2D eigenvalue weighted by Gasteiger charge is -2.33. The molecule has 0 radical (unpaired) electrons. The monoisotopic (exact) mass is 262 g/mol. The Morgan fingerprint density at radius 3 is 2.68 bits per heavy atom. The minimum absolute atomic E-state index is 0.597. The maximum atomic E-state index is 5.50. The van der Waals surface area contributed by atoms with E-state index in [2.05, 4.69) is 44.1 Å². The molecule has 1 aromatic rings. The van der Waals surface area contributed by atoms with Crippen molar-refractivity contribution in [3.05, 3.63) is 28.3 Å². The molecule has 3 heteroatoms. The molecule has 0 aromatic heterocycles. The van der Waals surface area contributed by atoms with Gasteiger partial charge in [0.2, 0.25) is 0 Å². The van der Waals surface area contributed by atoms with E-state index in [0.29, 0.717) is 6.04 Å². The summed E-state index contributed by atoms with van der Waals surface area (Å²) in [7, 11) is 3.98. The summed E-state index contributed by atoms with van der Waals surface area (Å²) in [6, 6.07) is 2.89. The van der Waals surface area contributed by atoms with Crippen molar-refractivity contribution in [1.29, 1.82) is 0 Å². The molecule has 2 rings (SSSR count). The molecule has 19 heavy (non-hydrogen) atoms. The van der Waals surface area contributed by atoms with Gasteiger partial charge in [-0.1, -0.05) is 6.07 Å². The molecule has 0 bridgehead atoms. The molecule has 1 N–H and O–H groups in total. The first-order chi connectivity index (χ1) is 9.04. The maximum absolute atomic E-state index is 5.50. The summed E-state index contributed by atoms with van der Waals surface area (Å²) >= 11 is 0. The van der Waals surface area contributed by atoms with Crippen molar-refractivity contribution in [2.24, 2.45) is 0 Å². The van der Waals surface area contributed by atoms with Gasteiger partial charge in [0.05, 0.1) is 7.11 Å². The topological polar surface area (TPSA) is 24.5 Å². The fourth-order valence-corrected chi connectivity index (χ4v) is 3.01. The zero-order valence-electron chi connectivity index (χ0n) is 12.8. The fourth-order valence-electron chi connectivity index (χ4n) is 3.01. The number of hydrogen-bond donors (Lipinski definition) is 1. The molecule has 1 aliphatic heterocycles. The number of ether oxygens (including phenoxy) is 1. The van der Waals surface area contributed by atoms with Gasteiger partial charge >= 0.3 is 0 Å². The van der Waals surface area contributed by atoms with Gasteiger partial charge < -0.3 is 15.0 Å². The van der Waals surface area contributed by atoms with Crippen LogP contribution < -0.4 is 10.1 Å². The van der Waals surface area contributed by atoms with Crippen molar-refractivity contribution >= 4 is 0 Å². The highest BCUT2D eigenvalue weighted by Crippen LogP contribution is 2.29. The summed E-state index contributed by atoms with van der Waals surface area (Å²) in [5.74, 6) is 1.04. The molecule has 1 heterocycles. The van der Waals surface area contributed by atoms with E-state index in [1.54, 1.807) is 7.11 Å². The third-order valence-corrected chi connectivity index (χ3v) is 4.44. The lowest BCUT2D eigenvalue weighted by molar-refractivity contribution is 0.199. The van der Waals surface area contributed by atoms with Crippen molar-refractivity contribution in [2.45, 2.75) is 33.2 Å². The number of nitrogens with one attached hydrogen (secondary N) is 1. The fraction of sp³-hybridized carbons (Fsp3) is 0.625. The molecule has 106 valence electrons. The largest absolute Gasteiger partial charge is 0.496 e. The van der Waals surface area contributed by atoms with Crippen molar-refractivity contribution in [3.8, 4) is 5.75 Å². The highest BCUT2D eigenvalue weighted by atomic mass is 16.5. The minimum Gasteiger partial charge on any atom is -0.496 e. The summed E-state index contributed by atoms with van der Waals surface area (Å²) in [6.45, 7) is 9.83. The Balaban J connectivity index is 2.25. The molecular formula is C16H26N2O. The lowest BCUT2D eigenvalue weighted by atomic mass is 9.93. The first-order valence-corrected chi connectivity index (χ1v) is 7.09. The molecule has 0 amide bonds. The van der Waals surface area contributed by atoms with Gasteiger partial charge in [-0.05, 0) is 56.5 Å². The highest BCUT2D eigenvalue weighted by Gasteiger charge is 2.20. The predicted octanol–water partition coefficient (Wildman–Crippen LogP) is 2.07. The molecule has 1 aliphatic rings. The van der Waals surface area contributed by atoms with E-state index in [1.807, 2.05) is 0 Å². The van der Waals surface area contributed by atoms with Crippen LogP contribution in [0.5, 0.6) is 5.75 Å². The summed E-state index contributed by atoms with van der Waals surface area (Å²) in [5.41, 5.74) is 5.36. The Labute approximate surface area is 116 Å². The zero-order chi connectivity index (χ0) is 14.0. The first-order valence-electron chi connectivity index (χ1n) is 7.09. The zero-order valence-corrected chi connectivity index (χ0v) is 12.8. The van der Waals surface area contributed by atoms with Gasteiger partial charge in [0, 0.05) is 25.7 Å². The Morgan fingerprint density at radius 1 is 1.32 bits per heavy atom. The summed E-state index contributed by atoms with van der Waals surface area (Å²) in [5, 5.41) is 3.49. The third kappa shape index (κ3) is 2.93. The molecule has 0 aliphatic carbocycles. The van der Waals surface area contributed by atoms with Gasteiger partial charge in [0.25, 0.3) is 0 Å². The van der Waals surface area contributed by atoms with Crippen LogP contribution in [0.4, 0.5) is 0 Å². The van der Waals surface area contributed by atoms with E-state index >= 15 is 0 Å². The Kier molecular flexibility index (Phi) is 4.48. The second-order valence-electron chi connectivity index (χ2n) is 5.68. The molecule has 3 nitrogen and oxygen atoms in total. The number of rotatable bonds is 3. The number of hydrogen-bond acceptors (Lipinski definition) is 3. The average molecular weight is 262 g/mol. The average Bonchev–Trinajstić information content (AvgIpc) is 2.39. The smallest absolute Gasteiger partial charge is 0.124 e. The van der Waals surface area contributed by atoms with E-state index in [9.17, 15) is 0 Å². The van der Waals surface area contributed by atoms with Crippen LogP contribution in [0.3, 0.4) is 0 Å².